The van der Waals surface area contributed by atoms with Crippen molar-refractivity contribution in [2.75, 3.05) is 0 Å². The zero-order chi connectivity index (χ0) is 33.5. The van der Waals surface area contributed by atoms with Gasteiger partial charge in [-0.15, -0.1) is 0 Å². The van der Waals surface area contributed by atoms with Gasteiger partial charge in [0, 0.05) is 22.6 Å². The lowest BCUT2D eigenvalue weighted by Gasteiger charge is -2.17. The van der Waals surface area contributed by atoms with Crippen molar-refractivity contribution in [3.05, 3.63) is 215 Å². The van der Waals surface area contributed by atoms with E-state index in [9.17, 15) is 0 Å². The Bertz CT molecular complexity index is 2800. The summed E-state index contributed by atoms with van der Waals surface area (Å²) in [6.07, 6.45) is 0. The Hall–Kier alpha value is -6.44. The fourth-order valence-electron chi connectivity index (χ4n) is 9.00. The Kier molecular flexibility index (Phi) is 6.15. The molecule has 1 nitrogen and oxygen atoms in total. The molecule has 1 heteroatoms. The zero-order valence-electron chi connectivity index (χ0n) is 27.9. The van der Waals surface area contributed by atoms with Gasteiger partial charge in [-0.2, -0.15) is 0 Å². The van der Waals surface area contributed by atoms with E-state index in [1.165, 1.54) is 83.3 Å². The van der Waals surface area contributed by atoms with Gasteiger partial charge in [0.1, 0.15) is 11.2 Å². The highest BCUT2D eigenvalue weighted by atomic mass is 16.3. The summed E-state index contributed by atoms with van der Waals surface area (Å²) in [7, 11) is 0. The Morgan fingerprint density at radius 2 is 0.863 bits per heavy atom. The summed E-state index contributed by atoms with van der Waals surface area (Å²) < 4.78 is 6.20. The largest absolute Gasteiger partial charge is 0.456 e. The van der Waals surface area contributed by atoms with Crippen LogP contribution in [0.3, 0.4) is 0 Å². The third-order valence-electron chi connectivity index (χ3n) is 11.3. The van der Waals surface area contributed by atoms with E-state index in [2.05, 4.69) is 170 Å². The minimum atomic E-state index is 0.182. The van der Waals surface area contributed by atoms with Crippen LogP contribution in [0.2, 0.25) is 0 Å². The molecule has 2 atom stereocenters. The van der Waals surface area contributed by atoms with Gasteiger partial charge >= 0.3 is 0 Å². The average Bonchev–Trinajstić information content (AvgIpc) is 3.85. The van der Waals surface area contributed by atoms with Crippen LogP contribution in [0.15, 0.2) is 186 Å². The van der Waals surface area contributed by atoms with Crippen LogP contribution in [0.1, 0.15) is 45.2 Å². The third-order valence-corrected chi connectivity index (χ3v) is 11.3. The second-order valence-electron chi connectivity index (χ2n) is 14.0. The lowest BCUT2D eigenvalue weighted by Crippen LogP contribution is -1.99. The van der Waals surface area contributed by atoms with Gasteiger partial charge in [-0.3, -0.25) is 0 Å². The molecule has 0 saturated heterocycles. The van der Waals surface area contributed by atoms with E-state index in [0.717, 1.165) is 16.6 Å². The van der Waals surface area contributed by atoms with Gasteiger partial charge in [0.15, 0.2) is 0 Å². The van der Waals surface area contributed by atoms with Crippen LogP contribution >= 0.6 is 0 Å². The first-order valence-electron chi connectivity index (χ1n) is 17.8. The van der Waals surface area contributed by atoms with E-state index in [1.807, 2.05) is 12.1 Å². The lowest BCUT2D eigenvalue weighted by molar-refractivity contribution is 0.669. The molecule has 0 bridgehead atoms. The summed E-state index contributed by atoms with van der Waals surface area (Å²) in [6.45, 7) is 0. The minimum absolute atomic E-state index is 0.182. The van der Waals surface area contributed by atoms with Crippen molar-refractivity contribution in [2.45, 2.75) is 11.8 Å². The number of fused-ring (bicyclic) bond motifs is 9. The summed E-state index contributed by atoms with van der Waals surface area (Å²) in [6, 6.07) is 66.9. The van der Waals surface area contributed by atoms with E-state index in [4.69, 9.17) is 4.42 Å². The summed E-state index contributed by atoms with van der Waals surface area (Å²) >= 11 is 0. The van der Waals surface area contributed by atoms with E-state index < -0.39 is 0 Å². The van der Waals surface area contributed by atoms with Crippen LogP contribution in [0.5, 0.6) is 0 Å². The molecule has 1 aromatic heterocycles. The smallest absolute Gasteiger partial charge is 0.136 e. The highest BCUT2D eigenvalue weighted by Crippen LogP contribution is 2.51. The Morgan fingerprint density at radius 3 is 1.69 bits per heavy atom. The lowest BCUT2D eigenvalue weighted by atomic mass is 9.86. The Labute approximate surface area is 297 Å². The number of hydrogen-bond acceptors (Lipinski definition) is 1. The maximum absolute atomic E-state index is 6.20. The molecule has 9 aromatic rings. The van der Waals surface area contributed by atoms with E-state index in [1.54, 1.807) is 0 Å². The molecule has 0 N–H and O–H groups in total. The van der Waals surface area contributed by atoms with Crippen molar-refractivity contribution in [1.29, 1.82) is 0 Å². The first-order valence-corrected chi connectivity index (χ1v) is 17.8. The molecular formula is C50H32O. The van der Waals surface area contributed by atoms with Gasteiger partial charge in [-0.25, -0.2) is 0 Å². The molecule has 2 aliphatic rings. The van der Waals surface area contributed by atoms with Crippen molar-refractivity contribution in [2.24, 2.45) is 0 Å². The molecule has 238 valence electrons. The topological polar surface area (TPSA) is 13.1 Å². The second-order valence-corrected chi connectivity index (χ2v) is 14.0. The van der Waals surface area contributed by atoms with E-state index in [0.29, 0.717) is 0 Å². The molecule has 0 saturated carbocycles. The minimum Gasteiger partial charge on any atom is -0.456 e. The third kappa shape index (κ3) is 4.28. The van der Waals surface area contributed by atoms with Crippen LogP contribution < -0.4 is 0 Å². The number of para-hydroxylation sites is 1. The number of rotatable bonds is 4. The van der Waals surface area contributed by atoms with Crippen molar-refractivity contribution >= 4 is 21.9 Å². The molecule has 0 amide bonds. The predicted molar refractivity (Wildman–Crippen MR) is 210 cm³/mol. The van der Waals surface area contributed by atoms with E-state index in [-0.39, 0.29) is 11.8 Å². The zero-order valence-corrected chi connectivity index (χ0v) is 27.9. The summed E-state index contributed by atoms with van der Waals surface area (Å²) in [5, 5.41) is 2.33. The van der Waals surface area contributed by atoms with Crippen molar-refractivity contribution in [1.82, 2.24) is 0 Å². The standard InChI is InChI=1S/C50H32O/c1-2-11-32(12-3-1)49-40-15-6-4-13-37(40)39-27-25-35(30-45(39)49)34-26-28-42-44(29-34)38-14-5-7-16-41(38)48(42)33-23-21-31(22-24-33)36-18-10-20-47-50(36)43-17-8-9-19-46(43)51-47/h1-30,48-49H. The van der Waals surface area contributed by atoms with Crippen molar-refractivity contribution in [3.8, 4) is 44.5 Å². The highest BCUT2D eigenvalue weighted by Gasteiger charge is 2.32. The van der Waals surface area contributed by atoms with Gasteiger partial charge in [0.2, 0.25) is 0 Å². The average molecular weight is 649 g/mol. The van der Waals surface area contributed by atoms with Gasteiger partial charge < -0.3 is 4.42 Å². The van der Waals surface area contributed by atoms with Crippen LogP contribution in [0, 0.1) is 0 Å². The molecule has 2 aliphatic carbocycles. The molecule has 11 rings (SSSR count). The van der Waals surface area contributed by atoms with Gasteiger partial charge in [0.25, 0.3) is 0 Å². The molecular weight excluding hydrogens is 617 g/mol. The molecule has 51 heavy (non-hydrogen) atoms. The maximum atomic E-state index is 6.20. The number of benzene rings is 8. The normalized spacial score (nSPS) is 15.5. The molecule has 0 fully saturated rings. The molecule has 1 heterocycles. The molecule has 2 unspecified atom stereocenters. The van der Waals surface area contributed by atoms with E-state index >= 15 is 0 Å². The molecule has 0 radical (unpaired) electrons. The fraction of sp³-hybridized carbons (Fsp3) is 0.0400. The molecule has 8 aromatic carbocycles. The Morgan fingerprint density at radius 1 is 0.314 bits per heavy atom. The van der Waals surface area contributed by atoms with Gasteiger partial charge in [-0.1, -0.05) is 158 Å². The van der Waals surface area contributed by atoms with Crippen LogP contribution in [0.4, 0.5) is 0 Å². The van der Waals surface area contributed by atoms with Crippen LogP contribution in [0.25, 0.3) is 66.4 Å². The molecule has 0 aliphatic heterocycles. The van der Waals surface area contributed by atoms with Crippen molar-refractivity contribution in [3.63, 3.8) is 0 Å². The van der Waals surface area contributed by atoms with Crippen LogP contribution in [-0.2, 0) is 0 Å². The monoisotopic (exact) mass is 648 g/mol. The first kappa shape index (κ1) is 28.4. The van der Waals surface area contributed by atoms with Crippen LogP contribution in [-0.4, -0.2) is 0 Å². The maximum Gasteiger partial charge on any atom is 0.136 e. The fourth-order valence-corrected chi connectivity index (χ4v) is 9.00. The second kappa shape index (κ2) is 11.0. The van der Waals surface area contributed by atoms with Gasteiger partial charge in [0.05, 0.1) is 0 Å². The SMILES string of the molecule is c1ccc(C2c3ccccc3-c3ccc(-c4ccc5c(c4)-c4ccccc4C5c4ccc(-c5cccc6oc7ccccc7c56)cc4)cc32)cc1. The van der Waals surface area contributed by atoms with Gasteiger partial charge in [-0.05, 0) is 102 Å². The number of furan rings is 1. The number of hydrogen-bond donors (Lipinski definition) is 0. The van der Waals surface area contributed by atoms with Crippen molar-refractivity contribution < 1.29 is 4.42 Å². The highest BCUT2D eigenvalue weighted by molar-refractivity contribution is 6.12. The summed E-state index contributed by atoms with van der Waals surface area (Å²) in [5.74, 6) is 0.417. The predicted octanol–water partition coefficient (Wildman–Crippen LogP) is 13.2. The summed E-state index contributed by atoms with van der Waals surface area (Å²) in [4.78, 5) is 0. The quantitative estimate of drug-likeness (QED) is 0.185. The summed E-state index contributed by atoms with van der Waals surface area (Å²) in [5.41, 5.74) is 20.3. The molecule has 0 spiro atoms. The Balaban J connectivity index is 0.990. The first-order chi connectivity index (χ1) is 25.3.